The number of aromatic amines is 2. The van der Waals surface area contributed by atoms with Crippen LogP contribution in [0.4, 0.5) is 0 Å². The van der Waals surface area contributed by atoms with Crippen molar-refractivity contribution in [1.29, 1.82) is 0 Å². The summed E-state index contributed by atoms with van der Waals surface area (Å²) < 4.78 is 29.4. The molecule has 9 heteroatoms. The molecule has 22 heavy (non-hydrogen) atoms. The molecule has 0 spiro atoms. The lowest BCUT2D eigenvalue weighted by molar-refractivity contribution is 0.486. The van der Waals surface area contributed by atoms with Gasteiger partial charge in [0.2, 0.25) is 0 Å². The fourth-order valence-corrected chi connectivity index (χ4v) is 3.18. The lowest BCUT2D eigenvalue weighted by Gasteiger charge is -2.07. The van der Waals surface area contributed by atoms with E-state index < -0.39 is 10.1 Å². The molecule has 0 aliphatic carbocycles. The Kier molecular flexibility index (Phi) is 3.64. The molecule has 114 valence electrons. The quantitative estimate of drug-likeness (QED) is 0.704. The van der Waals surface area contributed by atoms with Crippen molar-refractivity contribution in [2.45, 2.75) is 4.90 Å². The molecular formula is C13H8Cl2N2O4S. The smallest absolute Gasteiger partial charge is 0.339 e. The van der Waals surface area contributed by atoms with E-state index in [-0.39, 0.29) is 26.2 Å². The van der Waals surface area contributed by atoms with Gasteiger partial charge in [0.1, 0.15) is 10.6 Å². The van der Waals surface area contributed by atoms with Gasteiger partial charge in [-0.25, -0.2) is 0 Å². The fraction of sp³-hybridized carbons (Fsp3) is 0. The predicted octanol–water partition coefficient (Wildman–Crippen LogP) is 2.93. The molecule has 0 atom stereocenters. The molecule has 0 saturated heterocycles. The van der Waals surface area contributed by atoms with Gasteiger partial charge in [0.25, 0.3) is 5.56 Å². The number of fused-ring (bicyclic) bond motifs is 1. The highest BCUT2D eigenvalue weighted by Crippen LogP contribution is 2.27. The van der Waals surface area contributed by atoms with E-state index in [4.69, 9.17) is 27.4 Å². The molecule has 0 bridgehead atoms. The number of rotatable bonds is 3. The van der Waals surface area contributed by atoms with Gasteiger partial charge in [-0.15, -0.1) is 0 Å². The van der Waals surface area contributed by atoms with Crippen LogP contribution in [0, 0.1) is 0 Å². The number of hydrogen-bond acceptors (Lipinski definition) is 4. The molecular weight excluding hydrogens is 351 g/mol. The molecule has 0 radical (unpaired) electrons. The van der Waals surface area contributed by atoms with Crippen LogP contribution in [0.1, 0.15) is 0 Å². The van der Waals surface area contributed by atoms with Gasteiger partial charge in [-0.2, -0.15) is 8.42 Å². The minimum Gasteiger partial charge on any atom is -0.379 e. The van der Waals surface area contributed by atoms with Gasteiger partial charge in [-0.3, -0.25) is 15.0 Å². The monoisotopic (exact) mass is 358 g/mol. The van der Waals surface area contributed by atoms with E-state index in [1.165, 1.54) is 36.4 Å². The lowest BCUT2D eigenvalue weighted by atomic mass is 10.2. The third kappa shape index (κ3) is 2.70. The van der Waals surface area contributed by atoms with Crippen LogP contribution in [-0.4, -0.2) is 18.6 Å². The molecule has 2 N–H and O–H groups in total. The van der Waals surface area contributed by atoms with Gasteiger partial charge in [0, 0.05) is 0 Å². The van der Waals surface area contributed by atoms with Crippen molar-refractivity contribution in [3.63, 3.8) is 0 Å². The predicted molar refractivity (Wildman–Crippen MR) is 83.2 cm³/mol. The number of halogens is 2. The van der Waals surface area contributed by atoms with Gasteiger partial charge in [-0.05, 0) is 36.4 Å². The average molecular weight is 359 g/mol. The maximum Gasteiger partial charge on any atom is 0.339 e. The van der Waals surface area contributed by atoms with Gasteiger partial charge in [0.15, 0.2) is 0 Å². The summed E-state index contributed by atoms with van der Waals surface area (Å²) in [6.45, 7) is 0. The summed E-state index contributed by atoms with van der Waals surface area (Å²) in [6, 6.07) is 8.14. The molecule has 3 rings (SSSR count). The van der Waals surface area contributed by atoms with Crippen molar-refractivity contribution in [3.05, 3.63) is 56.8 Å². The Morgan fingerprint density at radius 3 is 2.45 bits per heavy atom. The highest BCUT2D eigenvalue weighted by Gasteiger charge is 2.18. The Hall–Kier alpha value is -1.96. The maximum atomic E-state index is 12.2. The Balaban J connectivity index is 2.00. The van der Waals surface area contributed by atoms with Gasteiger partial charge < -0.3 is 4.18 Å². The van der Waals surface area contributed by atoms with E-state index >= 15 is 0 Å². The summed E-state index contributed by atoms with van der Waals surface area (Å²) in [4.78, 5) is 11.4. The zero-order chi connectivity index (χ0) is 15.9. The molecule has 0 saturated carbocycles. The third-order valence-electron chi connectivity index (χ3n) is 2.93. The van der Waals surface area contributed by atoms with Crippen LogP contribution in [0.3, 0.4) is 0 Å². The topological polar surface area (TPSA) is 92.0 Å². The maximum absolute atomic E-state index is 12.2. The number of H-pyrrole nitrogens is 2. The van der Waals surface area contributed by atoms with Crippen LogP contribution >= 0.6 is 23.2 Å². The summed E-state index contributed by atoms with van der Waals surface area (Å²) in [5.41, 5.74) is 0.177. The third-order valence-corrected chi connectivity index (χ3v) is 4.91. The molecule has 6 nitrogen and oxygen atoms in total. The number of hydrogen-bond donors (Lipinski definition) is 2. The summed E-state index contributed by atoms with van der Waals surface area (Å²) >= 11 is 11.6. The first kappa shape index (κ1) is 15.0. The summed E-state index contributed by atoms with van der Waals surface area (Å²) in [5, 5.41) is 5.67. The van der Waals surface area contributed by atoms with E-state index in [0.717, 1.165) is 0 Å². The SMILES string of the molecule is O=c1[nH][nH]c2ccc(OS(=O)(=O)c3ccc(Cl)c(Cl)c3)cc12. The highest BCUT2D eigenvalue weighted by molar-refractivity contribution is 7.87. The second-order valence-electron chi connectivity index (χ2n) is 4.40. The van der Waals surface area contributed by atoms with E-state index in [1.807, 2.05) is 0 Å². The molecule has 1 aromatic heterocycles. The van der Waals surface area contributed by atoms with Crippen molar-refractivity contribution in [2.75, 3.05) is 0 Å². The molecule has 0 aliphatic rings. The van der Waals surface area contributed by atoms with Crippen LogP contribution in [0.2, 0.25) is 10.0 Å². The second kappa shape index (κ2) is 5.35. The van der Waals surface area contributed by atoms with Crippen molar-refractivity contribution in [3.8, 4) is 5.75 Å². The van der Waals surface area contributed by atoms with Crippen molar-refractivity contribution in [1.82, 2.24) is 10.2 Å². The summed E-state index contributed by atoms with van der Waals surface area (Å²) in [5.74, 6) is 0.0173. The Bertz CT molecular complexity index is 1020. The van der Waals surface area contributed by atoms with E-state index in [0.29, 0.717) is 10.9 Å². The summed E-state index contributed by atoms with van der Waals surface area (Å²) in [7, 11) is -4.08. The van der Waals surface area contributed by atoms with Crippen molar-refractivity contribution in [2.24, 2.45) is 0 Å². The zero-order valence-electron chi connectivity index (χ0n) is 10.8. The number of nitrogens with one attached hydrogen (secondary N) is 2. The van der Waals surface area contributed by atoms with E-state index in [1.54, 1.807) is 0 Å². The summed E-state index contributed by atoms with van der Waals surface area (Å²) in [6.07, 6.45) is 0. The second-order valence-corrected chi connectivity index (χ2v) is 6.76. The van der Waals surface area contributed by atoms with Crippen LogP contribution < -0.4 is 9.74 Å². The van der Waals surface area contributed by atoms with Crippen LogP contribution in [-0.2, 0) is 10.1 Å². The first-order valence-electron chi connectivity index (χ1n) is 5.97. The molecule has 0 amide bonds. The molecule has 1 heterocycles. The number of aromatic nitrogens is 2. The molecule has 2 aromatic carbocycles. The standard InChI is InChI=1S/C13H8Cl2N2O4S/c14-10-3-2-8(6-11(10)15)22(19,20)21-7-1-4-12-9(5-7)13(18)17-16-12/h1-6H,(H2,16,17,18). The van der Waals surface area contributed by atoms with Gasteiger partial charge >= 0.3 is 10.1 Å². The van der Waals surface area contributed by atoms with Crippen molar-refractivity contribution >= 4 is 44.2 Å². The molecule has 3 aromatic rings. The van der Waals surface area contributed by atoms with Crippen molar-refractivity contribution < 1.29 is 12.6 Å². The lowest BCUT2D eigenvalue weighted by Crippen LogP contribution is -2.10. The Morgan fingerprint density at radius 2 is 1.73 bits per heavy atom. The minimum absolute atomic E-state index is 0.0173. The zero-order valence-corrected chi connectivity index (χ0v) is 13.1. The van der Waals surface area contributed by atoms with Crippen LogP contribution in [0.5, 0.6) is 5.75 Å². The minimum atomic E-state index is -4.08. The van der Waals surface area contributed by atoms with Crippen LogP contribution in [0.15, 0.2) is 46.1 Å². The number of benzene rings is 2. The molecule has 0 unspecified atom stereocenters. The first-order valence-corrected chi connectivity index (χ1v) is 8.13. The highest BCUT2D eigenvalue weighted by atomic mass is 35.5. The normalized spacial score (nSPS) is 11.7. The van der Waals surface area contributed by atoms with Gasteiger partial charge in [0.05, 0.1) is 20.9 Å². The molecule has 0 fully saturated rings. The van der Waals surface area contributed by atoms with E-state index in [9.17, 15) is 13.2 Å². The average Bonchev–Trinajstić information content (AvgIpc) is 2.83. The first-order chi connectivity index (χ1) is 10.4. The van der Waals surface area contributed by atoms with Gasteiger partial charge in [-0.1, -0.05) is 23.2 Å². The Morgan fingerprint density at radius 1 is 0.955 bits per heavy atom. The largest absolute Gasteiger partial charge is 0.379 e. The molecule has 0 aliphatic heterocycles. The van der Waals surface area contributed by atoms with Crippen LogP contribution in [0.25, 0.3) is 10.9 Å². The Labute approximate surface area is 134 Å². The van der Waals surface area contributed by atoms with E-state index in [2.05, 4.69) is 10.2 Å². The fourth-order valence-electron chi connectivity index (χ4n) is 1.87.